The number of ether oxygens (including phenoxy) is 1. The lowest BCUT2D eigenvalue weighted by Crippen LogP contribution is -2.33. The lowest BCUT2D eigenvalue weighted by atomic mass is 10.2. The van der Waals surface area contributed by atoms with Crippen LogP contribution in [0.15, 0.2) is 59.8 Å². The number of hydrogen-bond donors (Lipinski definition) is 1. The average molecular weight is 409 g/mol. The molecule has 0 unspecified atom stereocenters. The van der Waals surface area contributed by atoms with E-state index in [0.29, 0.717) is 22.8 Å². The summed E-state index contributed by atoms with van der Waals surface area (Å²) in [5.74, 6) is 1.84. The minimum atomic E-state index is 0.0486. The normalized spacial score (nSPS) is 14.1. The number of rotatable bonds is 7. The molecule has 0 bridgehead atoms. The fraction of sp³-hybridized carbons (Fsp3) is 0.318. The summed E-state index contributed by atoms with van der Waals surface area (Å²) in [5.41, 5.74) is 1.86. The second-order valence-corrected chi connectivity index (χ2v) is 7.99. The number of aromatic nitrogens is 3. The molecule has 1 aromatic heterocycles. The van der Waals surface area contributed by atoms with E-state index in [0.717, 1.165) is 29.8 Å². The number of benzene rings is 2. The van der Waals surface area contributed by atoms with E-state index in [1.807, 2.05) is 59.2 Å². The van der Waals surface area contributed by atoms with E-state index in [1.165, 1.54) is 24.6 Å². The van der Waals surface area contributed by atoms with Crippen LogP contribution in [0.5, 0.6) is 5.75 Å². The third-order valence-electron chi connectivity index (χ3n) is 5.03. The van der Waals surface area contributed by atoms with Crippen molar-refractivity contribution in [1.29, 1.82) is 0 Å². The number of nitrogens with zero attached hydrogens (tertiary/aromatic N) is 3. The Kier molecular flexibility index (Phi) is 6.14. The molecule has 1 heterocycles. The van der Waals surface area contributed by atoms with Crippen LogP contribution >= 0.6 is 11.8 Å². The Labute approximate surface area is 174 Å². The first kappa shape index (κ1) is 19.5. The Morgan fingerprint density at radius 1 is 1.14 bits per heavy atom. The summed E-state index contributed by atoms with van der Waals surface area (Å²) >= 11 is 1.40. The first-order valence-electron chi connectivity index (χ1n) is 9.82. The van der Waals surface area contributed by atoms with E-state index in [4.69, 9.17) is 4.74 Å². The van der Waals surface area contributed by atoms with Crippen LogP contribution in [0.25, 0.3) is 17.1 Å². The Bertz CT molecular complexity index is 968. The van der Waals surface area contributed by atoms with Crippen molar-refractivity contribution in [1.82, 2.24) is 20.1 Å². The number of amides is 1. The maximum atomic E-state index is 12.4. The smallest absolute Gasteiger partial charge is 0.230 e. The fourth-order valence-corrected chi connectivity index (χ4v) is 4.36. The van der Waals surface area contributed by atoms with Crippen molar-refractivity contribution in [3.63, 3.8) is 0 Å². The zero-order valence-corrected chi connectivity index (χ0v) is 17.2. The average Bonchev–Trinajstić information content (AvgIpc) is 3.42. The maximum absolute atomic E-state index is 12.4. The predicted octanol–water partition coefficient (Wildman–Crippen LogP) is 4.09. The number of carbonyl (C=O) groups is 1. The van der Waals surface area contributed by atoms with Crippen LogP contribution in [0.2, 0.25) is 0 Å². The lowest BCUT2D eigenvalue weighted by Gasteiger charge is -2.13. The summed E-state index contributed by atoms with van der Waals surface area (Å²) < 4.78 is 7.34. The number of methoxy groups -OCH3 is 1. The Morgan fingerprint density at radius 2 is 1.93 bits per heavy atom. The quantitative estimate of drug-likeness (QED) is 0.596. The highest BCUT2D eigenvalue weighted by atomic mass is 32.2. The highest BCUT2D eigenvalue weighted by molar-refractivity contribution is 7.99. The van der Waals surface area contributed by atoms with Gasteiger partial charge in [-0.2, -0.15) is 0 Å². The molecule has 1 aliphatic carbocycles. The molecule has 29 heavy (non-hydrogen) atoms. The number of para-hydroxylation sites is 1. The first-order valence-corrected chi connectivity index (χ1v) is 10.8. The molecule has 1 amide bonds. The van der Waals surface area contributed by atoms with Crippen molar-refractivity contribution in [2.24, 2.45) is 0 Å². The molecule has 0 saturated heterocycles. The molecule has 0 atom stereocenters. The molecule has 150 valence electrons. The summed E-state index contributed by atoms with van der Waals surface area (Å²) in [6.45, 7) is 0. The second-order valence-electron chi connectivity index (χ2n) is 7.05. The van der Waals surface area contributed by atoms with Crippen molar-refractivity contribution in [2.45, 2.75) is 36.9 Å². The van der Waals surface area contributed by atoms with Gasteiger partial charge in [-0.25, -0.2) is 0 Å². The van der Waals surface area contributed by atoms with Gasteiger partial charge in [0.05, 0.1) is 12.9 Å². The maximum Gasteiger partial charge on any atom is 0.230 e. The molecule has 1 saturated carbocycles. The SMILES string of the molecule is COc1cccc(-c2nnc(SCC(=O)NC3CCCC3)n2-c2ccccc2)c1. The first-order chi connectivity index (χ1) is 14.2. The highest BCUT2D eigenvalue weighted by Crippen LogP contribution is 2.29. The molecule has 0 aliphatic heterocycles. The van der Waals surface area contributed by atoms with E-state index in [1.54, 1.807) is 7.11 Å². The minimum absolute atomic E-state index is 0.0486. The second kappa shape index (κ2) is 9.13. The molecule has 1 fully saturated rings. The monoisotopic (exact) mass is 408 g/mol. The molecule has 1 aliphatic rings. The summed E-state index contributed by atoms with van der Waals surface area (Å²) in [6.07, 6.45) is 4.56. The summed E-state index contributed by atoms with van der Waals surface area (Å²) in [5, 5.41) is 12.6. The standard InChI is InChI=1S/C22H24N4O2S/c1-28-19-13-7-8-16(14-19)21-24-25-22(26(21)18-11-3-2-4-12-18)29-15-20(27)23-17-9-5-6-10-17/h2-4,7-8,11-14,17H,5-6,9-10,15H2,1H3,(H,23,27). The summed E-state index contributed by atoms with van der Waals surface area (Å²) in [7, 11) is 1.64. The molecule has 0 radical (unpaired) electrons. The van der Waals surface area contributed by atoms with Gasteiger partial charge in [-0.05, 0) is 37.1 Å². The summed E-state index contributed by atoms with van der Waals surface area (Å²) in [4.78, 5) is 12.4. The van der Waals surface area contributed by atoms with Crippen LogP contribution in [0, 0.1) is 0 Å². The molecule has 0 spiro atoms. The molecule has 6 nitrogen and oxygen atoms in total. The van der Waals surface area contributed by atoms with E-state index < -0.39 is 0 Å². The van der Waals surface area contributed by atoms with Gasteiger partial charge < -0.3 is 10.1 Å². The molecule has 2 aromatic carbocycles. The van der Waals surface area contributed by atoms with E-state index in [9.17, 15) is 4.79 Å². The number of hydrogen-bond acceptors (Lipinski definition) is 5. The van der Waals surface area contributed by atoms with Gasteiger partial charge in [0, 0.05) is 17.3 Å². The molecule has 3 aromatic rings. The lowest BCUT2D eigenvalue weighted by molar-refractivity contribution is -0.119. The highest BCUT2D eigenvalue weighted by Gasteiger charge is 2.20. The van der Waals surface area contributed by atoms with Gasteiger partial charge in [0.2, 0.25) is 5.91 Å². The number of nitrogens with one attached hydrogen (secondary N) is 1. The molecule has 1 N–H and O–H groups in total. The van der Waals surface area contributed by atoms with Crippen molar-refractivity contribution < 1.29 is 9.53 Å². The molecule has 7 heteroatoms. The van der Waals surface area contributed by atoms with Crippen molar-refractivity contribution in [3.05, 3.63) is 54.6 Å². The Balaban J connectivity index is 1.60. The van der Waals surface area contributed by atoms with Gasteiger partial charge in [0.25, 0.3) is 0 Å². The van der Waals surface area contributed by atoms with E-state index in [-0.39, 0.29) is 5.91 Å². The fourth-order valence-electron chi connectivity index (χ4n) is 3.59. The summed E-state index contributed by atoms with van der Waals surface area (Å²) in [6, 6.07) is 18.0. The minimum Gasteiger partial charge on any atom is -0.497 e. The van der Waals surface area contributed by atoms with Crippen LogP contribution in [0.3, 0.4) is 0 Å². The topological polar surface area (TPSA) is 69.0 Å². The van der Waals surface area contributed by atoms with Gasteiger partial charge in [0.15, 0.2) is 11.0 Å². The van der Waals surface area contributed by atoms with Crippen LogP contribution in [0.1, 0.15) is 25.7 Å². The van der Waals surface area contributed by atoms with Gasteiger partial charge in [0.1, 0.15) is 5.75 Å². The van der Waals surface area contributed by atoms with Crippen LogP contribution < -0.4 is 10.1 Å². The van der Waals surface area contributed by atoms with Gasteiger partial charge in [-0.15, -0.1) is 10.2 Å². The Morgan fingerprint density at radius 3 is 2.69 bits per heavy atom. The van der Waals surface area contributed by atoms with Crippen molar-refractivity contribution in [2.75, 3.05) is 12.9 Å². The van der Waals surface area contributed by atoms with E-state index >= 15 is 0 Å². The van der Waals surface area contributed by atoms with E-state index in [2.05, 4.69) is 15.5 Å². The van der Waals surface area contributed by atoms with Crippen LogP contribution in [-0.4, -0.2) is 39.6 Å². The zero-order chi connectivity index (χ0) is 20.1. The predicted molar refractivity (Wildman–Crippen MR) is 114 cm³/mol. The number of carbonyl (C=O) groups excluding carboxylic acids is 1. The number of thioether (sulfide) groups is 1. The van der Waals surface area contributed by atoms with Crippen LogP contribution in [0.4, 0.5) is 0 Å². The molecular weight excluding hydrogens is 384 g/mol. The van der Waals surface area contributed by atoms with Gasteiger partial charge in [-0.3, -0.25) is 9.36 Å². The van der Waals surface area contributed by atoms with Gasteiger partial charge >= 0.3 is 0 Å². The molecular formula is C22H24N4O2S. The third kappa shape index (κ3) is 4.62. The van der Waals surface area contributed by atoms with Gasteiger partial charge in [-0.1, -0.05) is 54.9 Å². The zero-order valence-electron chi connectivity index (χ0n) is 16.4. The van der Waals surface area contributed by atoms with Crippen LogP contribution in [-0.2, 0) is 4.79 Å². The molecule has 4 rings (SSSR count). The Hall–Kier alpha value is -2.80. The van der Waals surface area contributed by atoms with Crippen molar-refractivity contribution in [3.8, 4) is 22.8 Å². The van der Waals surface area contributed by atoms with Crippen molar-refractivity contribution >= 4 is 17.7 Å². The largest absolute Gasteiger partial charge is 0.497 e. The third-order valence-corrected chi connectivity index (χ3v) is 5.96.